The third-order valence-electron chi connectivity index (χ3n) is 3.92. The van der Waals surface area contributed by atoms with Gasteiger partial charge in [0.25, 0.3) is 0 Å². The summed E-state index contributed by atoms with van der Waals surface area (Å²) in [6.45, 7) is 5.13. The van der Waals surface area contributed by atoms with Gasteiger partial charge in [0.1, 0.15) is 5.82 Å². The lowest BCUT2D eigenvalue weighted by atomic mass is 10.1. The highest BCUT2D eigenvalue weighted by Crippen LogP contribution is 2.18. The van der Waals surface area contributed by atoms with E-state index in [0.717, 1.165) is 32.7 Å². The van der Waals surface area contributed by atoms with Crippen LogP contribution in [-0.4, -0.2) is 51.5 Å². The van der Waals surface area contributed by atoms with Crippen LogP contribution in [0.2, 0.25) is 0 Å². The molecule has 0 aliphatic carbocycles. The zero-order valence-electron chi connectivity index (χ0n) is 12.8. The van der Waals surface area contributed by atoms with Crippen LogP contribution in [-0.2, 0) is 19.6 Å². The predicted octanol–water partition coefficient (Wildman–Crippen LogP) is 1.47. The van der Waals surface area contributed by atoms with Crippen molar-refractivity contribution in [2.75, 3.05) is 27.2 Å². The van der Waals surface area contributed by atoms with E-state index < -0.39 is 0 Å². The molecule has 2 aromatic heterocycles. The van der Waals surface area contributed by atoms with Crippen LogP contribution in [0.5, 0.6) is 0 Å². The van der Waals surface area contributed by atoms with E-state index in [-0.39, 0.29) is 0 Å². The fraction of sp³-hybridized carbons (Fsp3) is 0.500. The standard InChI is InChI=1S/C16H23N5/c1-19(2)9-15-11-20(10-14-3-5-17-6-4-14)13-16-18-7-8-21(16)12-15/h3-8,15H,9-13H2,1-2H3/t15-/m0/s1. The van der Waals surface area contributed by atoms with Crippen LogP contribution >= 0.6 is 0 Å². The van der Waals surface area contributed by atoms with Gasteiger partial charge >= 0.3 is 0 Å². The summed E-state index contributed by atoms with van der Waals surface area (Å²) in [5.41, 5.74) is 1.31. The number of hydrogen-bond acceptors (Lipinski definition) is 4. The minimum atomic E-state index is 0.622. The normalized spacial score (nSPS) is 19.5. The van der Waals surface area contributed by atoms with Gasteiger partial charge in [0, 0.05) is 56.9 Å². The number of imidazole rings is 1. The second-order valence-electron chi connectivity index (χ2n) is 6.15. The summed E-state index contributed by atoms with van der Waals surface area (Å²) < 4.78 is 2.31. The van der Waals surface area contributed by atoms with Gasteiger partial charge in [-0.3, -0.25) is 9.88 Å². The van der Waals surface area contributed by atoms with Crippen molar-refractivity contribution in [1.29, 1.82) is 0 Å². The van der Waals surface area contributed by atoms with E-state index in [1.165, 1.54) is 11.4 Å². The predicted molar refractivity (Wildman–Crippen MR) is 82.6 cm³/mol. The Morgan fingerprint density at radius 2 is 2.00 bits per heavy atom. The Kier molecular flexibility index (Phi) is 4.31. The molecular weight excluding hydrogens is 262 g/mol. The molecule has 112 valence electrons. The van der Waals surface area contributed by atoms with Crippen LogP contribution in [0.25, 0.3) is 0 Å². The Labute approximate surface area is 126 Å². The molecular formula is C16H23N5. The molecule has 3 heterocycles. The maximum Gasteiger partial charge on any atom is 0.122 e. The fourth-order valence-corrected chi connectivity index (χ4v) is 3.12. The van der Waals surface area contributed by atoms with Crippen molar-refractivity contribution >= 4 is 0 Å². The molecule has 2 aromatic rings. The molecule has 0 saturated carbocycles. The second-order valence-corrected chi connectivity index (χ2v) is 6.15. The molecule has 3 rings (SSSR count). The molecule has 0 spiro atoms. The van der Waals surface area contributed by atoms with Crippen LogP contribution in [0, 0.1) is 5.92 Å². The SMILES string of the molecule is CN(C)C[C@H]1CN(Cc2ccncc2)Cc2nccn2C1. The quantitative estimate of drug-likeness (QED) is 0.852. The molecule has 1 aliphatic rings. The maximum atomic E-state index is 4.52. The topological polar surface area (TPSA) is 37.2 Å². The van der Waals surface area contributed by atoms with Crippen LogP contribution < -0.4 is 0 Å². The lowest BCUT2D eigenvalue weighted by molar-refractivity contribution is 0.194. The average Bonchev–Trinajstić information content (AvgIpc) is 2.80. The highest BCUT2D eigenvalue weighted by molar-refractivity contribution is 5.10. The number of hydrogen-bond donors (Lipinski definition) is 0. The first-order valence-corrected chi connectivity index (χ1v) is 7.46. The molecule has 0 amide bonds. The first-order chi connectivity index (χ1) is 10.2. The lowest BCUT2D eigenvalue weighted by Crippen LogP contribution is -2.33. The smallest absolute Gasteiger partial charge is 0.122 e. The van der Waals surface area contributed by atoms with E-state index >= 15 is 0 Å². The largest absolute Gasteiger partial charge is 0.333 e. The van der Waals surface area contributed by atoms with E-state index in [2.05, 4.69) is 56.8 Å². The Bertz CT molecular complexity index is 563. The molecule has 0 saturated heterocycles. The maximum absolute atomic E-state index is 4.52. The number of pyridine rings is 1. The summed E-state index contributed by atoms with van der Waals surface area (Å²) in [7, 11) is 4.29. The van der Waals surface area contributed by atoms with Gasteiger partial charge in [0.05, 0.1) is 6.54 Å². The molecule has 5 heteroatoms. The summed E-state index contributed by atoms with van der Waals surface area (Å²) in [5.74, 6) is 1.79. The Morgan fingerprint density at radius 1 is 1.19 bits per heavy atom. The number of aromatic nitrogens is 3. The highest BCUT2D eigenvalue weighted by Gasteiger charge is 2.22. The van der Waals surface area contributed by atoms with Crippen molar-refractivity contribution in [1.82, 2.24) is 24.3 Å². The van der Waals surface area contributed by atoms with Crippen molar-refractivity contribution in [3.05, 3.63) is 48.3 Å². The summed E-state index contributed by atoms with van der Waals surface area (Å²) in [6, 6.07) is 4.19. The first-order valence-electron chi connectivity index (χ1n) is 7.46. The third kappa shape index (κ3) is 3.68. The minimum absolute atomic E-state index is 0.622. The van der Waals surface area contributed by atoms with Crippen molar-refractivity contribution in [3.8, 4) is 0 Å². The number of rotatable bonds is 4. The number of nitrogens with zero attached hydrogens (tertiary/aromatic N) is 5. The third-order valence-corrected chi connectivity index (χ3v) is 3.92. The van der Waals surface area contributed by atoms with Crippen LogP contribution in [0.15, 0.2) is 36.9 Å². The van der Waals surface area contributed by atoms with E-state index in [4.69, 9.17) is 0 Å². The van der Waals surface area contributed by atoms with Gasteiger partial charge < -0.3 is 9.47 Å². The van der Waals surface area contributed by atoms with E-state index in [1.54, 1.807) is 0 Å². The zero-order valence-corrected chi connectivity index (χ0v) is 12.8. The van der Waals surface area contributed by atoms with Gasteiger partial charge in [-0.1, -0.05) is 0 Å². The minimum Gasteiger partial charge on any atom is -0.333 e. The van der Waals surface area contributed by atoms with Gasteiger partial charge in [-0.2, -0.15) is 0 Å². The summed E-state index contributed by atoms with van der Waals surface area (Å²) in [6.07, 6.45) is 7.75. The van der Waals surface area contributed by atoms with Crippen molar-refractivity contribution in [3.63, 3.8) is 0 Å². The van der Waals surface area contributed by atoms with Crippen LogP contribution in [0.1, 0.15) is 11.4 Å². The molecule has 0 fully saturated rings. The lowest BCUT2D eigenvalue weighted by Gasteiger charge is -2.25. The van der Waals surface area contributed by atoms with Crippen LogP contribution in [0.4, 0.5) is 0 Å². The van der Waals surface area contributed by atoms with Gasteiger partial charge in [-0.25, -0.2) is 4.98 Å². The van der Waals surface area contributed by atoms with E-state index in [9.17, 15) is 0 Å². The monoisotopic (exact) mass is 285 g/mol. The molecule has 1 atom stereocenters. The molecule has 1 aliphatic heterocycles. The zero-order chi connectivity index (χ0) is 14.7. The van der Waals surface area contributed by atoms with Crippen molar-refractivity contribution < 1.29 is 0 Å². The second kappa shape index (κ2) is 6.37. The highest BCUT2D eigenvalue weighted by atomic mass is 15.2. The van der Waals surface area contributed by atoms with Crippen molar-refractivity contribution in [2.24, 2.45) is 5.92 Å². The van der Waals surface area contributed by atoms with Gasteiger partial charge in [0.2, 0.25) is 0 Å². The molecule has 21 heavy (non-hydrogen) atoms. The van der Waals surface area contributed by atoms with E-state index in [1.807, 2.05) is 18.6 Å². The Balaban J connectivity index is 1.76. The summed E-state index contributed by atoms with van der Waals surface area (Å²) in [4.78, 5) is 13.4. The Morgan fingerprint density at radius 3 is 2.76 bits per heavy atom. The fourth-order valence-electron chi connectivity index (χ4n) is 3.12. The average molecular weight is 285 g/mol. The molecule has 0 aromatic carbocycles. The summed E-state index contributed by atoms with van der Waals surface area (Å²) >= 11 is 0. The van der Waals surface area contributed by atoms with Gasteiger partial charge in [-0.15, -0.1) is 0 Å². The molecule has 0 bridgehead atoms. The Hall–Kier alpha value is -1.72. The molecule has 5 nitrogen and oxygen atoms in total. The molecule has 0 unspecified atom stereocenters. The summed E-state index contributed by atoms with van der Waals surface area (Å²) in [5, 5.41) is 0. The molecule has 0 N–H and O–H groups in total. The van der Waals surface area contributed by atoms with Gasteiger partial charge in [-0.05, 0) is 31.8 Å². The van der Waals surface area contributed by atoms with Gasteiger partial charge in [0.15, 0.2) is 0 Å². The first kappa shape index (κ1) is 14.2. The van der Waals surface area contributed by atoms with E-state index in [0.29, 0.717) is 5.92 Å². The molecule has 0 radical (unpaired) electrons. The van der Waals surface area contributed by atoms with Crippen molar-refractivity contribution in [2.45, 2.75) is 19.6 Å². The van der Waals surface area contributed by atoms with Crippen LogP contribution in [0.3, 0.4) is 0 Å². The number of fused-ring (bicyclic) bond motifs is 1.